The molecule has 0 spiro atoms. The minimum atomic E-state index is -4.00. The van der Waals surface area contributed by atoms with Crippen molar-refractivity contribution in [2.24, 2.45) is 0 Å². The lowest BCUT2D eigenvalue weighted by Gasteiger charge is -2.27. The average Bonchev–Trinajstić information content (AvgIpc) is 2.71. The number of hydrogen-bond donors (Lipinski definition) is 2. The van der Waals surface area contributed by atoms with Gasteiger partial charge in [0.2, 0.25) is 10.0 Å². The number of methoxy groups -OCH3 is 1. The topological polar surface area (TPSA) is 95.9 Å². The highest BCUT2D eigenvalue weighted by Gasteiger charge is 2.33. The first-order valence-electron chi connectivity index (χ1n) is 8.89. The molecule has 2 aromatic rings. The van der Waals surface area contributed by atoms with Gasteiger partial charge in [-0.1, -0.05) is 38.1 Å². The molecule has 1 amide bonds. The van der Waals surface area contributed by atoms with Crippen LogP contribution >= 0.6 is 0 Å². The normalized spacial score (nSPS) is 12.8. The van der Waals surface area contributed by atoms with E-state index in [9.17, 15) is 13.2 Å². The fraction of sp³-hybridized carbons (Fsp3) is 0.350. The average molecular weight is 407 g/mol. The Morgan fingerprint density at radius 1 is 1.07 bits per heavy atom. The van der Waals surface area contributed by atoms with Gasteiger partial charge in [0.1, 0.15) is 11.8 Å². The highest BCUT2D eigenvalue weighted by Crippen LogP contribution is 2.24. The molecule has 7 nitrogen and oxygen atoms in total. The highest BCUT2D eigenvalue weighted by molar-refractivity contribution is 7.89. The molecule has 0 radical (unpaired) electrons. The maximum atomic E-state index is 13.2. The summed E-state index contributed by atoms with van der Waals surface area (Å²) in [4.78, 5) is 12.0. The molecule has 0 aliphatic heterocycles. The van der Waals surface area contributed by atoms with Crippen molar-refractivity contribution in [1.82, 2.24) is 9.79 Å². The standard InChI is InChI=1S/C20H26N2O5S/c1-14(2)17-7-5-16(6-8-17)13-22(15(3)20(23)21-24)28(25,26)19-11-9-18(27-4)10-12-19/h5-12,14-15,24H,13H2,1-4H3,(H,21,23)/t15-/m1/s1. The monoisotopic (exact) mass is 406 g/mol. The maximum Gasteiger partial charge on any atom is 0.261 e. The zero-order chi connectivity index (χ0) is 20.9. The van der Waals surface area contributed by atoms with Crippen LogP contribution in [0.2, 0.25) is 0 Å². The maximum absolute atomic E-state index is 13.2. The molecular weight excluding hydrogens is 380 g/mol. The van der Waals surface area contributed by atoms with Crippen LogP contribution in [0.4, 0.5) is 0 Å². The Kier molecular flexibility index (Phi) is 7.17. The summed E-state index contributed by atoms with van der Waals surface area (Å²) in [5.41, 5.74) is 3.40. The number of ether oxygens (including phenoxy) is 1. The predicted octanol–water partition coefficient (Wildman–Crippen LogP) is 2.90. The van der Waals surface area contributed by atoms with E-state index in [0.717, 1.165) is 15.4 Å². The molecular formula is C20H26N2O5S. The summed E-state index contributed by atoms with van der Waals surface area (Å²) in [6.45, 7) is 5.56. The summed E-state index contributed by atoms with van der Waals surface area (Å²) >= 11 is 0. The van der Waals surface area contributed by atoms with Gasteiger partial charge < -0.3 is 4.74 Å². The molecule has 152 valence electrons. The van der Waals surface area contributed by atoms with Crippen LogP contribution in [0.3, 0.4) is 0 Å². The number of nitrogens with zero attached hydrogens (tertiary/aromatic N) is 1. The summed E-state index contributed by atoms with van der Waals surface area (Å²) in [5.74, 6) is 0.0686. The second-order valence-electron chi connectivity index (χ2n) is 6.77. The summed E-state index contributed by atoms with van der Waals surface area (Å²) in [6.07, 6.45) is 0. The zero-order valence-electron chi connectivity index (χ0n) is 16.4. The number of sulfonamides is 1. The van der Waals surface area contributed by atoms with Crippen LogP contribution in [-0.4, -0.2) is 37.0 Å². The van der Waals surface area contributed by atoms with Crippen LogP contribution in [-0.2, 0) is 21.4 Å². The van der Waals surface area contributed by atoms with Crippen molar-refractivity contribution >= 4 is 15.9 Å². The van der Waals surface area contributed by atoms with E-state index in [2.05, 4.69) is 13.8 Å². The van der Waals surface area contributed by atoms with Crippen LogP contribution in [0.1, 0.15) is 37.8 Å². The van der Waals surface area contributed by atoms with E-state index in [0.29, 0.717) is 11.7 Å². The third-order valence-electron chi connectivity index (χ3n) is 4.57. The molecule has 0 aliphatic rings. The Hall–Kier alpha value is -2.42. The van der Waals surface area contributed by atoms with Gasteiger partial charge in [0, 0.05) is 6.54 Å². The molecule has 2 rings (SSSR count). The molecule has 0 fully saturated rings. The van der Waals surface area contributed by atoms with Gasteiger partial charge in [-0.3, -0.25) is 10.0 Å². The van der Waals surface area contributed by atoms with E-state index in [1.807, 2.05) is 24.3 Å². The van der Waals surface area contributed by atoms with Crippen molar-refractivity contribution in [2.45, 2.75) is 44.2 Å². The number of rotatable bonds is 8. The van der Waals surface area contributed by atoms with Gasteiger partial charge >= 0.3 is 0 Å². The van der Waals surface area contributed by atoms with Crippen LogP contribution < -0.4 is 10.2 Å². The van der Waals surface area contributed by atoms with Gasteiger partial charge in [0.15, 0.2) is 0 Å². The number of carbonyl (C=O) groups excluding carboxylic acids is 1. The van der Waals surface area contributed by atoms with Gasteiger partial charge in [0.25, 0.3) is 5.91 Å². The van der Waals surface area contributed by atoms with Gasteiger partial charge in [0.05, 0.1) is 12.0 Å². The molecule has 0 aromatic heterocycles. The SMILES string of the molecule is COc1ccc(S(=O)(=O)N(Cc2ccc(C(C)C)cc2)[C@H](C)C(=O)NO)cc1. The van der Waals surface area contributed by atoms with Gasteiger partial charge in [-0.15, -0.1) is 0 Å². The van der Waals surface area contributed by atoms with E-state index in [4.69, 9.17) is 9.94 Å². The minimum Gasteiger partial charge on any atom is -0.497 e. The van der Waals surface area contributed by atoms with E-state index in [-0.39, 0.29) is 11.4 Å². The molecule has 0 saturated heterocycles. The lowest BCUT2D eigenvalue weighted by atomic mass is 10.0. The molecule has 0 unspecified atom stereocenters. The summed E-state index contributed by atoms with van der Waals surface area (Å²) in [5, 5.41) is 8.98. The first-order chi connectivity index (χ1) is 13.2. The fourth-order valence-corrected chi connectivity index (χ4v) is 4.31. The molecule has 2 aromatic carbocycles. The Morgan fingerprint density at radius 3 is 2.11 bits per heavy atom. The predicted molar refractivity (Wildman–Crippen MR) is 106 cm³/mol. The third-order valence-corrected chi connectivity index (χ3v) is 6.50. The molecule has 0 saturated carbocycles. The van der Waals surface area contributed by atoms with Crippen LogP contribution in [0.5, 0.6) is 5.75 Å². The molecule has 0 bridgehead atoms. The lowest BCUT2D eigenvalue weighted by Crippen LogP contribution is -2.46. The van der Waals surface area contributed by atoms with Crippen molar-refractivity contribution in [3.63, 3.8) is 0 Å². The smallest absolute Gasteiger partial charge is 0.261 e. The van der Waals surface area contributed by atoms with Crippen molar-refractivity contribution in [1.29, 1.82) is 0 Å². The Morgan fingerprint density at radius 2 is 1.64 bits per heavy atom. The molecule has 2 N–H and O–H groups in total. The molecule has 1 atom stereocenters. The van der Waals surface area contributed by atoms with E-state index in [1.165, 1.54) is 31.6 Å². The van der Waals surface area contributed by atoms with E-state index >= 15 is 0 Å². The number of carbonyl (C=O) groups is 1. The van der Waals surface area contributed by atoms with Crippen molar-refractivity contribution in [3.05, 3.63) is 59.7 Å². The number of amides is 1. The van der Waals surface area contributed by atoms with E-state index in [1.54, 1.807) is 12.1 Å². The first kappa shape index (κ1) is 21.9. The largest absolute Gasteiger partial charge is 0.497 e. The number of hydrogen-bond acceptors (Lipinski definition) is 5. The van der Waals surface area contributed by atoms with Crippen LogP contribution in [0.15, 0.2) is 53.4 Å². The summed E-state index contributed by atoms with van der Waals surface area (Å²) in [7, 11) is -2.51. The Balaban J connectivity index is 2.41. The molecule has 0 aliphatic carbocycles. The first-order valence-corrected chi connectivity index (χ1v) is 10.3. The highest BCUT2D eigenvalue weighted by atomic mass is 32.2. The van der Waals surface area contributed by atoms with Gasteiger partial charge in [-0.2, -0.15) is 4.31 Å². The number of benzene rings is 2. The van der Waals surface area contributed by atoms with Crippen molar-refractivity contribution < 1.29 is 23.2 Å². The quantitative estimate of drug-likeness (QED) is 0.519. The zero-order valence-corrected chi connectivity index (χ0v) is 17.2. The Bertz CT molecular complexity index is 893. The van der Waals surface area contributed by atoms with Gasteiger partial charge in [-0.25, -0.2) is 13.9 Å². The molecule has 0 heterocycles. The molecule has 28 heavy (non-hydrogen) atoms. The lowest BCUT2D eigenvalue weighted by molar-refractivity contribution is -0.132. The van der Waals surface area contributed by atoms with Gasteiger partial charge in [-0.05, 0) is 48.2 Å². The third kappa shape index (κ3) is 4.89. The molecule has 8 heteroatoms. The second-order valence-corrected chi connectivity index (χ2v) is 8.66. The van der Waals surface area contributed by atoms with E-state index < -0.39 is 22.0 Å². The van der Waals surface area contributed by atoms with Crippen LogP contribution in [0, 0.1) is 0 Å². The Labute approximate surface area is 166 Å². The second kappa shape index (κ2) is 9.18. The fourth-order valence-electron chi connectivity index (χ4n) is 2.73. The van der Waals surface area contributed by atoms with Crippen molar-refractivity contribution in [3.8, 4) is 5.75 Å². The number of nitrogens with one attached hydrogen (secondary N) is 1. The minimum absolute atomic E-state index is 0.0126. The van der Waals surface area contributed by atoms with Crippen molar-refractivity contribution in [2.75, 3.05) is 7.11 Å². The summed E-state index contributed by atoms with van der Waals surface area (Å²) in [6, 6.07) is 12.4. The number of hydroxylamine groups is 1. The summed E-state index contributed by atoms with van der Waals surface area (Å²) < 4.78 is 32.5. The van der Waals surface area contributed by atoms with Crippen LogP contribution in [0.25, 0.3) is 0 Å².